The molecule has 4 nitrogen and oxygen atoms in total. The number of nitrogens with one attached hydrogen (secondary N) is 1. The van der Waals surface area contributed by atoms with Crippen LogP contribution < -0.4 is 5.32 Å². The molecule has 2 amide bonds. The van der Waals surface area contributed by atoms with E-state index in [1.54, 1.807) is 24.0 Å². The highest BCUT2D eigenvalue weighted by Crippen LogP contribution is 2.14. The predicted octanol–water partition coefficient (Wildman–Crippen LogP) is 4.03. The number of benzene rings is 2. The Morgan fingerprint density at radius 3 is 2.15 bits per heavy atom. The van der Waals surface area contributed by atoms with Crippen molar-refractivity contribution in [2.75, 3.05) is 0 Å². The number of carbonyl (C=O) groups is 2. The number of nitrogens with zero attached hydrogens (tertiary/aromatic N) is 1. The summed E-state index contributed by atoms with van der Waals surface area (Å²) in [7, 11) is 0. The number of amides is 2. The van der Waals surface area contributed by atoms with Gasteiger partial charge < -0.3 is 10.2 Å². The highest BCUT2D eigenvalue weighted by atomic mass is 35.5. The number of carbonyl (C=O) groups excluding carboxylic acids is 2. The lowest BCUT2D eigenvalue weighted by Gasteiger charge is -2.30. The molecule has 2 aromatic carbocycles. The number of halogens is 1. The van der Waals surface area contributed by atoms with Crippen LogP contribution in [0.2, 0.25) is 5.02 Å². The third-order valence-electron chi connectivity index (χ3n) is 4.20. The molecule has 0 saturated carbocycles. The topological polar surface area (TPSA) is 49.4 Å². The fourth-order valence-corrected chi connectivity index (χ4v) is 2.72. The Labute approximate surface area is 160 Å². The van der Waals surface area contributed by atoms with Gasteiger partial charge in [-0.3, -0.25) is 9.59 Å². The summed E-state index contributed by atoms with van der Waals surface area (Å²) in [6.07, 6.45) is 0. The molecule has 0 bridgehead atoms. The molecule has 0 aromatic heterocycles. The lowest BCUT2D eigenvalue weighted by molar-refractivity contribution is -0.143. The number of hydrogen-bond donors (Lipinski definition) is 1. The van der Waals surface area contributed by atoms with E-state index in [1.807, 2.05) is 56.3 Å². The maximum absolute atomic E-state index is 12.6. The van der Waals surface area contributed by atoms with Crippen LogP contribution in [0.4, 0.5) is 0 Å². The van der Waals surface area contributed by atoms with Crippen molar-refractivity contribution >= 4 is 23.4 Å². The first kappa shape index (κ1) is 20.0. The van der Waals surface area contributed by atoms with E-state index < -0.39 is 6.04 Å². The van der Waals surface area contributed by atoms with Gasteiger partial charge in [-0.05, 0) is 30.2 Å². The minimum Gasteiger partial charge on any atom is -0.350 e. The van der Waals surface area contributed by atoms with Gasteiger partial charge in [-0.25, -0.2) is 0 Å². The highest BCUT2D eigenvalue weighted by molar-refractivity contribution is 6.30. The van der Waals surface area contributed by atoms with Crippen molar-refractivity contribution in [1.29, 1.82) is 0 Å². The molecule has 0 spiro atoms. The van der Waals surface area contributed by atoms with Crippen LogP contribution in [-0.2, 0) is 22.7 Å². The van der Waals surface area contributed by atoms with E-state index in [1.165, 1.54) is 0 Å². The van der Waals surface area contributed by atoms with Crippen LogP contribution in [-0.4, -0.2) is 22.8 Å². The van der Waals surface area contributed by atoms with Gasteiger partial charge in [0.2, 0.25) is 11.8 Å². The molecule has 0 heterocycles. The lowest BCUT2D eigenvalue weighted by Crippen LogP contribution is -2.48. The molecule has 0 saturated heterocycles. The lowest BCUT2D eigenvalue weighted by atomic mass is 10.1. The average molecular weight is 373 g/mol. The summed E-state index contributed by atoms with van der Waals surface area (Å²) >= 11 is 5.88. The van der Waals surface area contributed by atoms with Crippen molar-refractivity contribution in [2.24, 2.45) is 5.92 Å². The molecular weight excluding hydrogens is 348 g/mol. The SMILES string of the molecule is CC(C)C(=O)N(Cc1ccccc1)C(C)C(=O)NCc1ccc(Cl)cc1. The predicted molar refractivity (Wildman–Crippen MR) is 105 cm³/mol. The summed E-state index contributed by atoms with van der Waals surface area (Å²) < 4.78 is 0. The quantitative estimate of drug-likeness (QED) is 0.797. The summed E-state index contributed by atoms with van der Waals surface area (Å²) in [6.45, 7) is 6.26. The van der Waals surface area contributed by atoms with Crippen LogP contribution in [0, 0.1) is 5.92 Å². The Hall–Kier alpha value is -2.33. The number of rotatable bonds is 7. The van der Waals surface area contributed by atoms with Crippen molar-refractivity contribution in [3.8, 4) is 0 Å². The molecule has 2 rings (SSSR count). The third kappa shape index (κ3) is 5.60. The average Bonchev–Trinajstić information content (AvgIpc) is 2.65. The fourth-order valence-electron chi connectivity index (χ4n) is 2.60. The Balaban J connectivity index is 2.06. The van der Waals surface area contributed by atoms with E-state index in [-0.39, 0.29) is 17.7 Å². The zero-order valence-electron chi connectivity index (χ0n) is 15.4. The molecule has 0 aliphatic rings. The van der Waals surface area contributed by atoms with Gasteiger partial charge >= 0.3 is 0 Å². The Morgan fingerprint density at radius 2 is 1.58 bits per heavy atom. The van der Waals surface area contributed by atoms with Crippen LogP contribution in [0.5, 0.6) is 0 Å². The third-order valence-corrected chi connectivity index (χ3v) is 4.45. The van der Waals surface area contributed by atoms with Crippen molar-refractivity contribution in [1.82, 2.24) is 10.2 Å². The van der Waals surface area contributed by atoms with Crippen molar-refractivity contribution in [3.63, 3.8) is 0 Å². The van der Waals surface area contributed by atoms with E-state index in [9.17, 15) is 9.59 Å². The Bertz CT molecular complexity index is 729. The maximum Gasteiger partial charge on any atom is 0.242 e. The molecule has 5 heteroatoms. The van der Waals surface area contributed by atoms with Crippen molar-refractivity contribution in [2.45, 2.75) is 39.9 Å². The largest absolute Gasteiger partial charge is 0.350 e. The fraction of sp³-hybridized carbons (Fsp3) is 0.333. The molecular formula is C21H25ClN2O2. The van der Waals surface area contributed by atoms with Crippen LogP contribution in [0.25, 0.3) is 0 Å². The summed E-state index contributed by atoms with van der Waals surface area (Å²) in [5.74, 6) is -0.391. The van der Waals surface area contributed by atoms with Crippen LogP contribution in [0.3, 0.4) is 0 Å². The first-order valence-corrected chi connectivity index (χ1v) is 9.13. The van der Waals surface area contributed by atoms with E-state index in [4.69, 9.17) is 11.6 Å². The van der Waals surface area contributed by atoms with Gasteiger partial charge in [0, 0.05) is 24.0 Å². The molecule has 1 atom stereocenters. The zero-order valence-corrected chi connectivity index (χ0v) is 16.2. The van der Waals surface area contributed by atoms with Crippen LogP contribution in [0.15, 0.2) is 54.6 Å². The molecule has 2 aromatic rings. The van der Waals surface area contributed by atoms with Gasteiger partial charge in [0.25, 0.3) is 0 Å². The van der Waals surface area contributed by atoms with E-state index >= 15 is 0 Å². The van der Waals surface area contributed by atoms with Gasteiger partial charge in [0.05, 0.1) is 0 Å². The molecule has 1 unspecified atom stereocenters. The monoisotopic (exact) mass is 372 g/mol. The molecule has 26 heavy (non-hydrogen) atoms. The summed E-state index contributed by atoms with van der Waals surface area (Å²) in [6, 6.07) is 16.5. The van der Waals surface area contributed by atoms with E-state index in [2.05, 4.69) is 5.32 Å². The van der Waals surface area contributed by atoms with Crippen molar-refractivity contribution < 1.29 is 9.59 Å². The van der Waals surface area contributed by atoms with Gasteiger partial charge in [0.15, 0.2) is 0 Å². The maximum atomic E-state index is 12.6. The Morgan fingerprint density at radius 1 is 0.962 bits per heavy atom. The molecule has 0 aliphatic carbocycles. The van der Waals surface area contributed by atoms with Gasteiger partial charge in [0.1, 0.15) is 6.04 Å². The molecule has 138 valence electrons. The highest BCUT2D eigenvalue weighted by Gasteiger charge is 2.27. The minimum atomic E-state index is -0.558. The van der Waals surface area contributed by atoms with E-state index in [0.29, 0.717) is 18.1 Å². The second kappa shape index (κ2) is 9.39. The number of hydrogen-bond acceptors (Lipinski definition) is 2. The smallest absolute Gasteiger partial charge is 0.242 e. The van der Waals surface area contributed by atoms with Gasteiger partial charge in [-0.1, -0.05) is 67.9 Å². The standard InChI is InChI=1S/C21H25ClN2O2/c1-15(2)21(26)24(14-18-7-5-4-6-8-18)16(3)20(25)23-13-17-9-11-19(22)12-10-17/h4-12,15-16H,13-14H2,1-3H3,(H,23,25). The van der Waals surface area contributed by atoms with Gasteiger partial charge in [-0.15, -0.1) is 0 Å². The van der Waals surface area contributed by atoms with Crippen LogP contribution in [0.1, 0.15) is 31.9 Å². The van der Waals surface area contributed by atoms with Crippen molar-refractivity contribution in [3.05, 3.63) is 70.7 Å². The molecule has 0 aliphatic heterocycles. The molecule has 0 radical (unpaired) electrons. The normalized spacial score (nSPS) is 11.9. The zero-order chi connectivity index (χ0) is 19.1. The molecule has 0 fully saturated rings. The Kier molecular flexibility index (Phi) is 7.22. The summed E-state index contributed by atoms with van der Waals surface area (Å²) in [5.41, 5.74) is 1.96. The second-order valence-electron chi connectivity index (χ2n) is 6.63. The summed E-state index contributed by atoms with van der Waals surface area (Å²) in [4.78, 5) is 26.9. The summed E-state index contributed by atoms with van der Waals surface area (Å²) in [5, 5.41) is 3.56. The van der Waals surface area contributed by atoms with Crippen LogP contribution >= 0.6 is 11.6 Å². The minimum absolute atomic E-state index is 0.0389. The second-order valence-corrected chi connectivity index (χ2v) is 7.06. The van der Waals surface area contributed by atoms with E-state index in [0.717, 1.165) is 11.1 Å². The first-order chi connectivity index (χ1) is 12.4. The first-order valence-electron chi connectivity index (χ1n) is 8.75. The molecule has 1 N–H and O–H groups in total. The van der Waals surface area contributed by atoms with Gasteiger partial charge in [-0.2, -0.15) is 0 Å².